The van der Waals surface area contributed by atoms with E-state index in [-0.39, 0.29) is 37.0 Å². The first-order valence-electron chi connectivity index (χ1n) is 12.1. The Bertz CT molecular complexity index is 1360. The number of benzene rings is 3. The van der Waals surface area contributed by atoms with Crippen molar-refractivity contribution in [1.29, 1.82) is 0 Å². The molecule has 3 aromatic carbocycles. The minimum absolute atomic E-state index is 0.0384. The van der Waals surface area contributed by atoms with Crippen molar-refractivity contribution < 1.29 is 28.4 Å². The van der Waals surface area contributed by atoms with Gasteiger partial charge in [0.05, 0.1) is 22.3 Å². The first-order chi connectivity index (χ1) is 17.9. The summed E-state index contributed by atoms with van der Waals surface area (Å²) in [5.74, 6) is -2.29. The molecular formula is C29H23FN2O5. The monoisotopic (exact) mass is 498 g/mol. The number of imide groups is 2. The molecule has 0 saturated heterocycles. The Hall–Kier alpha value is -4.46. The highest BCUT2D eigenvalue weighted by Crippen LogP contribution is 2.29. The molecule has 0 radical (unpaired) electrons. The predicted molar refractivity (Wildman–Crippen MR) is 132 cm³/mol. The van der Waals surface area contributed by atoms with Crippen LogP contribution in [0.2, 0.25) is 0 Å². The van der Waals surface area contributed by atoms with Gasteiger partial charge in [-0.05, 0) is 67.8 Å². The maximum Gasteiger partial charge on any atom is 0.261 e. The highest BCUT2D eigenvalue weighted by atomic mass is 19.1. The van der Waals surface area contributed by atoms with E-state index < -0.39 is 23.7 Å². The zero-order valence-electron chi connectivity index (χ0n) is 19.9. The third-order valence-electron chi connectivity index (χ3n) is 6.86. The van der Waals surface area contributed by atoms with E-state index in [9.17, 15) is 28.4 Å². The molecule has 37 heavy (non-hydrogen) atoms. The van der Waals surface area contributed by atoms with Gasteiger partial charge in [-0.2, -0.15) is 0 Å². The highest BCUT2D eigenvalue weighted by molar-refractivity contribution is 6.22. The van der Waals surface area contributed by atoms with Gasteiger partial charge in [0.1, 0.15) is 5.82 Å². The summed E-state index contributed by atoms with van der Waals surface area (Å²) >= 11 is 0. The molecule has 8 heteroatoms. The van der Waals surface area contributed by atoms with Crippen LogP contribution in [0.5, 0.6) is 0 Å². The number of halogens is 1. The van der Waals surface area contributed by atoms with Crippen LogP contribution >= 0.6 is 0 Å². The molecule has 1 atom stereocenters. The van der Waals surface area contributed by atoms with E-state index in [1.165, 1.54) is 34.1 Å². The summed E-state index contributed by atoms with van der Waals surface area (Å²) in [5, 5.41) is 0. The Morgan fingerprint density at radius 1 is 0.676 bits per heavy atom. The molecule has 0 bridgehead atoms. The quantitative estimate of drug-likeness (QED) is 0.319. The lowest BCUT2D eigenvalue weighted by molar-refractivity contribution is 0.0539. The van der Waals surface area contributed by atoms with Crippen molar-refractivity contribution in [3.05, 3.63) is 106 Å². The molecule has 3 aromatic rings. The van der Waals surface area contributed by atoms with Crippen LogP contribution in [0.1, 0.15) is 77.5 Å². The first kappa shape index (κ1) is 24.2. The zero-order valence-corrected chi connectivity index (χ0v) is 19.9. The molecule has 2 aliphatic heterocycles. The number of hydrogen-bond acceptors (Lipinski definition) is 5. The maximum atomic E-state index is 13.2. The molecule has 0 spiro atoms. The van der Waals surface area contributed by atoms with E-state index in [0.717, 1.165) is 0 Å². The lowest BCUT2D eigenvalue weighted by atomic mass is 9.99. The molecule has 186 valence electrons. The minimum Gasteiger partial charge on any atom is -0.294 e. The van der Waals surface area contributed by atoms with Crippen LogP contribution in [0.4, 0.5) is 4.39 Å². The van der Waals surface area contributed by atoms with Crippen molar-refractivity contribution in [2.45, 2.75) is 31.7 Å². The number of nitrogens with zero attached hydrogens (tertiary/aromatic N) is 2. The molecule has 0 fully saturated rings. The van der Waals surface area contributed by atoms with Crippen molar-refractivity contribution in [1.82, 2.24) is 9.80 Å². The maximum absolute atomic E-state index is 13.2. The van der Waals surface area contributed by atoms with Gasteiger partial charge in [-0.15, -0.1) is 0 Å². The smallest absolute Gasteiger partial charge is 0.261 e. The van der Waals surface area contributed by atoms with Crippen LogP contribution in [-0.2, 0) is 0 Å². The molecule has 5 rings (SSSR count). The lowest BCUT2D eigenvalue weighted by Gasteiger charge is -2.27. The SMILES string of the molecule is O=C(CCC(CCCN1C(=O)c2ccccc2C1=O)N1C(=O)c2ccccc2C1=O)c1ccc(F)cc1. The van der Waals surface area contributed by atoms with Gasteiger partial charge >= 0.3 is 0 Å². The number of fused-ring (bicyclic) bond motifs is 2. The minimum atomic E-state index is -0.619. The number of carbonyl (C=O) groups is 5. The van der Waals surface area contributed by atoms with E-state index in [1.807, 2.05) is 0 Å². The zero-order chi connectivity index (χ0) is 26.1. The van der Waals surface area contributed by atoms with Crippen molar-refractivity contribution >= 4 is 29.4 Å². The van der Waals surface area contributed by atoms with Crippen molar-refractivity contribution in [2.24, 2.45) is 0 Å². The second kappa shape index (κ2) is 9.89. The van der Waals surface area contributed by atoms with Gasteiger partial charge in [0, 0.05) is 24.6 Å². The molecule has 0 aromatic heterocycles. The van der Waals surface area contributed by atoms with Crippen molar-refractivity contribution in [3.63, 3.8) is 0 Å². The Morgan fingerprint density at radius 2 is 1.16 bits per heavy atom. The number of rotatable bonds is 9. The van der Waals surface area contributed by atoms with Gasteiger partial charge in [0.15, 0.2) is 5.78 Å². The summed E-state index contributed by atoms with van der Waals surface area (Å²) in [6.45, 7) is 0.123. The second-order valence-electron chi connectivity index (χ2n) is 9.10. The third kappa shape index (κ3) is 4.46. The van der Waals surface area contributed by atoms with Crippen LogP contribution in [0, 0.1) is 5.82 Å². The number of Topliss-reactive ketones (excluding diaryl/α,β-unsaturated/α-hetero) is 1. The molecule has 1 unspecified atom stereocenters. The van der Waals surface area contributed by atoms with E-state index in [2.05, 4.69) is 0 Å². The fraction of sp³-hybridized carbons (Fsp3) is 0.207. The highest BCUT2D eigenvalue weighted by Gasteiger charge is 2.40. The van der Waals surface area contributed by atoms with Crippen LogP contribution in [0.15, 0.2) is 72.8 Å². The fourth-order valence-corrected chi connectivity index (χ4v) is 4.95. The average molecular weight is 499 g/mol. The van der Waals surface area contributed by atoms with Crippen LogP contribution in [0.25, 0.3) is 0 Å². The van der Waals surface area contributed by atoms with Crippen LogP contribution in [0.3, 0.4) is 0 Å². The number of carbonyl (C=O) groups excluding carboxylic acids is 5. The summed E-state index contributed by atoms with van der Waals surface area (Å²) in [4.78, 5) is 66.8. The molecule has 2 aliphatic rings. The summed E-state index contributed by atoms with van der Waals surface area (Å²) in [5.41, 5.74) is 1.67. The Morgan fingerprint density at radius 3 is 1.68 bits per heavy atom. The second-order valence-corrected chi connectivity index (χ2v) is 9.10. The topological polar surface area (TPSA) is 91.8 Å². The summed E-state index contributed by atoms with van der Waals surface area (Å²) in [7, 11) is 0. The average Bonchev–Trinajstić information content (AvgIpc) is 3.31. The summed E-state index contributed by atoms with van der Waals surface area (Å²) < 4.78 is 13.2. The van der Waals surface area contributed by atoms with Crippen molar-refractivity contribution in [3.8, 4) is 0 Å². The molecule has 7 nitrogen and oxygen atoms in total. The van der Waals surface area contributed by atoms with E-state index in [1.54, 1.807) is 48.5 Å². The van der Waals surface area contributed by atoms with Gasteiger partial charge in [0.2, 0.25) is 0 Å². The fourth-order valence-electron chi connectivity index (χ4n) is 4.95. The van der Waals surface area contributed by atoms with Gasteiger partial charge in [-0.1, -0.05) is 24.3 Å². The normalized spacial score (nSPS) is 15.3. The van der Waals surface area contributed by atoms with E-state index in [4.69, 9.17) is 0 Å². The summed E-state index contributed by atoms with van der Waals surface area (Å²) in [6.07, 6.45) is 0.879. The summed E-state index contributed by atoms with van der Waals surface area (Å²) in [6, 6.07) is 17.8. The van der Waals surface area contributed by atoms with Gasteiger partial charge in [-0.3, -0.25) is 33.8 Å². The lowest BCUT2D eigenvalue weighted by Crippen LogP contribution is -2.41. The largest absolute Gasteiger partial charge is 0.294 e. The van der Waals surface area contributed by atoms with Gasteiger partial charge in [-0.25, -0.2) is 4.39 Å². The first-order valence-corrected chi connectivity index (χ1v) is 12.1. The predicted octanol–water partition coefficient (Wildman–Crippen LogP) is 4.53. The Balaban J connectivity index is 1.31. The number of hydrogen-bond donors (Lipinski definition) is 0. The van der Waals surface area contributed by atoms with Gasteiger partial charge in [0.25, 0.3) is 23.6 Å². The number of ketones is 1. The number of amides is 4. The molecule has 0 saturated carbocycles. The van der Waals surface area contributed by atoms with Crippen LogP contribution < -0.4 is 0 Å². The third-order valence-corrected chi connectivity index (χ3v) is 6.86. The van der Waals surface area contributed by atoms with E-state index >= 15 is 0 Å². The van der Waals surface area contributed by atoms with Crippen LogP contribution in [-0.4, -0.2) is 51.8 Å². The standard InChI is InChI=1S/C29H23FN2O5/c30-19-13-11-18(12-14-19)25(33)16-15-20(32-28(36)23-9-3-4-10-24(23)29(32)37)6-5-17-31-26(34)21-7-1-2-8-22(21)27(31)35/h1-4,7-14,20H,5-6,15-17H2. The molecule has 4 amide bonds. The van der Waals surface area contributed by atoms with E-state index in [0.29, 0.717) is 40.7 Å². The van der Waals surface area contributed by atoms with Crippen molar-refractivity contribution in [2.75, 3.05) is 6.54 Å². The molecule has 0 N–H and O–H groups in total. The Labute approximate surface area is 212 Å². The molecular weight excluding hydrogens is 475 g/mol. The molecule has 0 aliphatic carbocycles. The van der Waals surface area contributed by atoms with Gasteiger partial charge < -0.3 is 0 Å². The Kier molecular flexibility index (Phi) is 6.48. The molecule has 2 heterocycles.